The third kappa shape index (κ3) is 7.33. The van der Waals surface area contributed by atoms with Crippen molar-refractivity contribution in [2.75, 3.05) is 14.2 Å². The Morgan fingerprint density at radius 1 is 0.690 bits per heavy atom. The van der Waals surface area contributed by atoms with E-state index in [0.29, 0.717) is 44.5 Å². The fourth-order valence-electron chi connectivity index (χ4n) is 4.77. The van der Waals surface area contributed by atoms with Gasteiger partial charge in [0.1, 0.15) is 11.5 Å². The molecule has 2 heterocycles. The van der Waals surface area contributed by atoms with E-state index in [-0.39, 0.29) is 9.75 Å². The molecular weight excluding hydrogens is 596 g/mol. The van der Waals surface area contributed by atoms with Crippen molar-refractivity contribution in [2.45, 2.75) is 63.2 Å². The van der Waals surface area contributed by atoms with Gasteiger partial charge in [0.2, 0.25) is 0 Å². The molecule has 4 aromatic rings. The summed E-state index contributed by atoms with van der Waals surface area (Å²) in [6, 6.07) is 9.92. The van der Waals surface area contributed by atoms with Gasteiger partial charge in [-0.1, -0.05) is 0 Å². The zero-order valence-corrected chi connectivity index (χ0v) is 24.6. The first kappa shape index (κ1) is 31.6. The van der Waals surface area contributed by atoms with Crippen LogP contribution in [0.3, 0.4) is 0 Å². The number of rotatable bonds is 15. The number of ether oxygens (including phenoxy) is 2. The zero-order valence-electron chi connectivity index (χ0n) is 23.0. The van der Waals surface area contributed by atoms with Crippen molar-refractivity contribution in [3.05, 3.63) is 57.3 Å². The van der Waals surface area contributed by atoms with E-state index in [2.05, 4.69) is 0 Å². The Balaban J connectivity index is 1.45. The Morgan fingerprint density at radius 2 is 1.07 bits per heavy atom. The lowest BCUT2D eigenvalue weighted by Crippen LogP contribution is -2.13. The van der Waals surface area contributed by atoms with Crippen LogP contribution in [0.2, 0.25) is 0 Å². The summed E-state index contributed by atoms with van der Waals surface area (Å²) in [4.78, 5) is 21.2. The van der Waals surface area contributed by atoms with E-state index in [1.54, 1.807) is 12.1 Å². The van der Waals surface area contributed by atoms with Gasteiger partial charge >= 0.3 is 11.9 Å². The molecule has 6 nitrogen and oxygen atoms in total. The van der Waals surface area contributed by atoms with Crippen LogP contribution in [0.15, 0.2) is 36.4 Å². The van der Waals surface area contributed by atoms with Crippen LogP contribution in [0.25, 0.3) is 20.2 Å². The number of hydrogen-bond acceptors (Lipinski definition) is 6. The highest BCUT2D eigenvalue weighted by Gasteiger charge is 2.35. The molecule has 0 aliphatic carbocycles. The van der Waals surface area contributed by atoms with E-state index in [1.165, 1.54) is 26.4 Å². The lowest BCUT2D eigenvalue weighted by molar-refractivity contribution is -0.140. The molecule has 4 rings (SSSR count). The van der Waals surface area contributed by atoms with Gasteiger partial charge in [-0.3, -0.25) is 9.59 Å². The fraction of sp³-hybridized carbons (Fsp3) is 0.400. The minimum atomic E-state index is -3.24. The smallest absolute Gasteiger partial charge is 0.303 e. The lowest BCUT2D eigenvalue weighted by Gasteiger charge is -2.12. The van der Waals surface area contributed by atoms with Crippen molar-refractivity contribution in [2.24, 2.45) is 0 Å². The van der Waals surface area contributed by atoms with Crippen molar-refractivity contribution >= 4 is 54.8 Å². The van der Waals surface area contributed by atoms with Crippen molar-refractivity contribution in [1.29, 1.82) is 0 Å². The molecular formula is C30H30F4O6S2. The maximum Gasteiger partial charge on any atom is 0.303 e. The third-order valence-corrected chi connectivity index (χ3v) is 9.43. The number of carbonyl (C=O) groups is 2. The molecule has 0 aliphatic rings. The first-order valence-electron chi connectivity index (χ1n) is 13.2. The number of benzene rings is 2. The fourth-order valence-corrected chi connectivity index (χ4v) is 6.92. The van der Waals surface area contributed by atoms with Gasteiger partial charge in [0.15, 0.2) is 0 Å². The van der Waals surface area contributed by atoms with Crippen molar-refractivity contribution < 1.29 is 46.8 Å². The second-order valence-electron chi connectivity index (χ2n) is 10.0. The molecule has 0 atom stereocenters. The molecule has 2 aromatic carbocycles. The molecule has 2 aromatic heterocycles. The molecule has 0 bridgehead atoms. The summed E-state index contributed by atoms with van der Waals surface area (Å²) in [5.74, 6) is -7.86. The first-order chi connectivity index (χ1) is 19.8. The van der Waals surface area contributed by atoms with Crippen molar-refractivity contribution in [3.8, 4) is 11.5 Å². The lowest BCUT2D eigenvalue weighted by atomic mass is 10.0. The van der Waals surface area contributed by atoms with Gasteiger partial charge in [0, 0.05) is 22.2 Å². The third-order valence-electron chi connectivity index (χ3n) is 7.01. The second-order valence-corrected chi connectivity index (χ2v) is 12.2. The summed E-state index contributed by atoms with van der Waals surface area (Å²) in [6.45, 7) is 0. The monoisotopic (exact) mass is 626 g/mol. The molecule has 0 saturated carbocycles. The van der Waals surface area contributed by atoms with E-state index in [4.69, 9.17) is 19.7 Å². The topological polar surface area (TPSA) is 93.1 Å². The number of hydrogen-bond donors (Lipinski definition) is 2. The Kier molecular flexibility index (Phi) is 9.67. The Hall–Kier alpha value is -3.38. The van der Waals surface area contributed by atoms with E-state index < -0.39 is 49.5 Å². The van der Waals surface area contributed by atoms with Crippen molar-refractivity contribution in [3.63, 3.8) is 0 Å². The first-order valence-corrected chi connectivity index (χ1v) is 14.9. The second kappa shape index (κ2) is 12.9. The van der Waals surface area contributed by atoms with E-state index in [0.717, 1.165) is 46.6 Å². The highest BCUT2D eigenvalue weighted by Crippen LogP contribution is 2.43. The summed E-state index contributed by atoms with van der Waals surface area (Å²) in [5.41, 5.74) is 1.72. The Labute approximate surface area is 247 Å². The minimum Gasteiger partial charge on any atom is -0.496 e. The van der Waals surface area contributed by atoms with Gasteiger partial charge in [0.25, 0.3) is 11.8 Å². The number of carboxylic acids is 2. The van der Waals surface area contributed by atoms with Gasteiger partial charge in [0.05, 0.1) is 36.8 Å². The van der Waals surface area contributed by atoms with Gasteiger partial charge in [-0.2, -0.15) is 0 Å². The number of aliphatic carboxylic acids is 2. The number of fused-ring (bicyclic) bond motifs is 2. The van der Waals surface area contributed by atoms with E-state index in [9.17, 15) is 27.2 Å². The van der Waals surface area contributed by atoms with E-state index >= 15 is 0 Å². The van der Waals surface area contributed by atoms with Crippen LogP contribution in [0.4, 0.5) is 17.6 Å². The summed E-state index contributed by atoms with van der Waals surface area (Å²) in [6.07, 6.45) is -0.0947. The molecule has 12 heteroatoms. The van der Waals surface area contributed by atoms with Crippen LogP contribution >= 0.6 is 22.7 Å². The van der Waals surface area contributed by atoms with Crippen LogP contribution in [0, 0.1) is 0 Å². The highest BCUT2D eigenvalue weighted by atomic mass is 32.1. The standard InChI is InChI=1S/C30H30F4O6S2/c1-39-21-15-23-19(13-25(41-23)29(31,32)9-7-27(35)36)11-17(21)5-3-4-6-18-12-20-14-26(30(33,34)10-8-28(37)38)42-24(20)16-22(18)40-2/h11-16H,3-10H2,1-2H3,(H,35,36)(H,37,38). The van der Waals surface area contributed by atoms with Crippen LogP contribution in [-0.4, -0.2) is 36.4 Å². The number of aryl methyl sites for hydroxylation is 2. The van der Waals surface area contributed by atoms with Crippen LogP contribution in [-0.2, 0) is 34.3 Å². The summed E-state index contributed by atoms with van der Waals surface area (Å²) in [5, 5.41) is 18.9. The largest absolute Gasteiger partial charge is 0.496 e. The average molecular weight is 627 g/mol. The Bertz CT molecular complexity index is 1480. The molecule has 0 saturated heterocycles. The summed E-state index contributed by atoms with van der Waals surface area (Å²) < 4.78 is 70.6. The maximum absolute atomic E-state index is 14.6. The molecule has 0 spiro atoms. The number of alkyl halides is 4. The van der Waals surface area contributed by atoms with E-state index in [1.807, 2.05) is 12.1 Å². The molecule has 0 fully saturated rings. The Morgan fingerprint density at radius 3 is 1.40 bits per heavy atom. The predicted octanol–water partition coefficient (Wildman–Crippen LogP) is 8.61. The van der Waals surface area contributed by atoms with Crippen LogP contribution in [0.1, 0.15) is 59.4 Å². The number of carboxylic acid groups (broad SMARTS) is 2. The highest BCUT2D eigenvalue weighted by molar-refractivity contribution is 7.19. The molecule has 0 amide bonds. The number of thiophene rings is 2. The quantitative estimate of drug-likeness (QED) is 0.101. The maximum atomic E-state index is 14.6. The molecule has 0 unspecified atom stereocenters. The summed E-state index contributed by atoms with van der Waals surface area (Å²) in [7, 11) is 3.03. The SMILES string of the molecule is COc1cc2sc(C(F)(F)CCC(=O)O)cc2cc1CCCCc1cc2cc(C(F)(F)CCC(=O)O)sc2cc1OC. The van der Waals surface area contributed by atoms with Crippen LogP contribution in [0.5, 0.6) is 11.5 Å². The van der Waals surface area contributed by atoms with Gasteiger partial charge < -0.3 is 19.7 Å². The predicted molar refractivity (Wildman–Crippen MR) is 155 cm³/mol. The number of methoxy groups -OCH3 is 2. The molecule has 2 N–H and O–H groups in total. The molecule has 0 aliphatic heterocycles. The zero-order chi connectivity index (χ0) is 30.7. The van der Waals surface area contributed by atoms with Crippen molar-refractivity contribution in [1.82, 2.24) is 0 Å². The molecule has 226 valence electrons. The average Bonchev–Trinajstić information content (AvgIpc) is 3.56. The van der Waals surface area contributed by atoms with Gasteiger partial charge in [-0.25, -0.2) is 17.6 Å². The number of halogens is 4. The minimum absolute atomic E-state index is 0.184. The van der Waals surface area contributed by atoms with Crippen LogP contribution < -0.4 is 9.47 Å². The van der Waals surface area contributed by atoms with Gasteiger partial charge in [-0.05, 0) is 84.0 Å². The summed E-state index contributed by atoms with van der Waals surface area (Å²) >= 11 is 1.85. The normalized spacial score (nSPS) is 12.2. The number of unbranched alkanes of at least 4 members (excludes halogenated alkanes) is 1. The molecule has 42 heavy (non-hydrogen) atoms. The molecule has 0 radical (unpaired) electrons. The van der Waals surface area contributed by atoms with Gasteiger partial charge in [-0.15, -0.1) is 22.7 Å².